The Morgan fingerprint density at radius 3 is 2.45 bits per heavy atom. The third-order valence-electron chi connectivity index (χ3n) is 2.91. The minimum atomic E-state index is -4.50. The number of benzene rings is 2. The molecule has 0 saturated carbocycles. The van der Waals surface area contributed by atoms with E-state index in [0.29, 0.717) is 9.13 Å². The van der Waals surface area contributed by atoms with Crippen LogP contribution in [0.15, 0.2) is 36.4 Å². The van der Waals surface area contributed by atoms with Gasteiger partial charge in [-0.15, -0.1) is 0 Å². The fourth-order valence-electron chi connectivity index (χ4n) is 1.79. The summed E-state index contributed by atoms with van der Waals surface area (Å²) < 4.78 is 38.8. The van der Waals surface area contributed by atoms with Gasteiger partial charge in [-0.3, -0.25) is 4.79 Å². The molecule has 0 heterocycles. The van der Waals surface area contributed by atoms with E-state index in [2.05, 4.69) is 5.32 Å². The predicted octanol–water partition coefficient (Wildman–Crippen LogP) is 5.52. The quantitative estimate of drug-likeness (QED) is 0.613. The maximum atomic E-state index is 12.7. The van der Waals surface area contributed by atoms with Gasteiger partial charge in [0.05, 0.1) is 21.8 Å². The zero-order valence-electron chi connectivity index (χ0n) is 11.3. The molecule has 2 rings (SSSR count). The minimum Gasteiger partial charge on any atom is -0.321 e. The molecule has 2 nitrogen and oxygen atoms in total. The maximum absolute atomic E-state index is 12.7. The van der Waals surface area contributed by atoms with Gasteiger partial charge in [0.25, 0.3) is 5.91 Å². The summed E-state index contributed by atoms with van der Waals surface area (Å²) in [6.45, 7) is 1.88. The Labute approximate surface area is 143 Å². The summed E-state index contributed by atoms with van der Waals surface area (Å²) in [5, 5.41) is 2.47. The molecular formula is C15H10ClF3INO. The van der Waals surface area contributed by atoms with E-state index in [1.165, 1.54) is 0 Å². The lowest BCUT2D eigenvalue weighted by Gasteiger charge is -2.12. The molecule has 7 heteroatoms. The summed E-state index contributed by atoms with van der Waals surface area (Å²) in [6.07, 6.45) is -4.50. The highest BCUT2D eigenvalue weighted by Gasteiger charge is 2.31. The molecule has 1 amide bonds. The Morgan fingerprint density at radius 1 is 1.18 bits per heavy atom. The van der Waals surface area contributed by atoms with Crippen molar-refractivity contribution in [2.75, 3.05) is 5.32 Å². The van der Waals surface area contributed by atoms with Crippen LogP contribution in [0.25, 0.3) is 0 Å². The van der Waals surface area contributed by atoms with Crippen LogP contribution in [0.5, 0.6) is 0 Å². The third-order valence-corrected chi connectivity index (χ3v) is 4.13. The average Bonchev–Trinajstić information content (AvgIpc) is 2.39. The number of hydrogen-bond donors (Lipinski definition) is 1. The Balaban J connectivity index is 2.32. The smallest absolute Gasteiger partial charge is 0.321 e. The van der Waals surface area contributed by atoms with E-state index < -0.39 is 17.6 Å². The normalized spacial score (nSPS) is 11.4. The van der Waals surface area contributed by atoms with Crippen molar-refractivity contribution in [2.45, 2.75) is 13.1 Å². The standard InChI is InChI=1S/C15H10ClF3INO/c1-8-2-4-10(12(20)6-8)14(22)21-13-7-9(15(17,18)19)3-5-11(13)16/h2-7H,1H3,(H,21,22). The molecule has 0 aliphatic rings. The number of amides is 1. The lowest BCUT2D eigenvalue weighted by atomic mass is 10.1. The van der Waals surface area contributed by atoms with Gasteiger partial charge in [-0.25, -0.2) is 0 Å². The molecular weight excluding hydrogens is 430 g/mol. The highest BCUT2D eigenvalue weighted by molar-refractivity contribution is 14.1. The molecule has 22 heavy (non-hydrogen) atoms. The third kappa shape index (κ3) is 3.92. The second kappa shape index (κ2) is 6.45. The van der Waals surface area contributed by atoms with Crippen LogP contribution < -0.4 is 5.32 Å². The Bertz CT molecular complexity index is 731. The van der Waals surface area contributed by atoms with Gasteiger partial charge < -0.3 is 5.32 Å². The van der Waals surface area contributed by atoms with Crippen LogP contribution in [-0.4, -0.2) is 5.91 Å². The van der Waals surface area contributed by atoms with Gasteiger partial charge in [-0.05, 0) is 59.8 Å². The van der Waals surface area contributed by atoms with E-state index >= 15 is 0 Å². The van der Waals surface area contributed by atoms with Crippen molar-refractivity contribution in [1.29, 1.82) is 0 Å². The fraction of sp³-hybridized carbons (Fsp3) is 0.133. The molecule has 0 aromatic heterocycles. The van der Waals surface area contributed by atoms with E-state index in [9.17, 15) is 18.0 Å². The molecule has 0 aliphatic heterocycles. The van der Waals surface area contributed by atoms with Gasteiger partial charge in [0.15, 0.2) is 0 Å². The zero-order chi connectivity index (χ0) is 16.5. The van der Waals surface area contributed by atoms with Crippen molar-refractivity contribution in [2.24, 2.45) is 0 Å². The molecule has 0 aliphatic carbocycles. The van der Waals surface area contributed by atoms with Crippen LogP contribution in [0, 0.1) is 10.5 Å². The zero-order valence-corrected chi connectivity index (χ0v) is 14.2. The number of carbonyl (C=O) groups is 1. The number of aryl methyl sites for hydroxylation is 1. The highest BCUT2D eigenvalue weighted by Crippen LogP contribution is 2.34. The molecule has 2 aromatic rings. The van der Waals surface area contributed by atoms with Crippen LogP contribution in [-0.2, 0) is 6.18 Å². The molecule has 1 N–H and O–H groups in total. The van der Waals surface area contributed by atoms with E-state index in [1.54, 1.807) is 12.1 Å². The summed E-state index contributed by atoms with van der Waals surface area (Å²) in [7, 11) is 0. The van der Waals surface area contributed by atoms with Crippen molar-refractivity contribution in [3.63, 3.8) is 0 Å². The molecule has 116 valence electrons. The molecule has 0 fully saturated rings. The number of nitrogens with one attached hydrogen (secondary N) is 1. The van der Waals surface area contributed by atoms with E-state index in [1.807, 2.05) is 35.6 Å². The first-order valence-corrected chi connectivity index (χ1v) is 7.58. The molecule has 0 bridgehead atoms. The number of halogens is 5. The van der Waals surface area contributed by atoms with Gasteiger partial charge >= 0.3 is 6.18 Å². The number of alkyl halides is 3. The van der Waals surface area contributed by atoms with E-state index in [-0.39, 0.29) is 10.7 Å². The molecule has 2 aromatic carbocycles. The number of rotatable bonds is 2. The Morgan fingerprint density at radius 2 is 1.86 bits per heavy atom. The van der Waals surface area contributed by atoms with Crippen molar-refractivity contribution in [1.82, 2.24) is 0 Å². The topological polar surface area (TPSA) is 29.1 Å². The first-order chi connectivity index (χ1) is 10.2. The van der Waals surface area contributed by atoms with Gasteiger partial charge in [0.1, 0.15) is 0 Å². The predicted molar refractivity (Wildman–Crippen MR) is 88.3 cm³/mol. The van der Waals surface area contributed by atoms with Crippen LogP contribution in [0.1, 0.15) is 21.5 Å². The summed E-state index contributed by atoms with van der Waals surface area (Å²) >= 11 is 7.86. The lowest BCUT2D eigenvalue weighted by molar-refractivity contribution is -0.137. The monoisotopic (exact) mass is 439 g/mol. The molecule has 0 spiro atoms. The Hall–Kier alpha value is -1.28. The van der Waals surface area contributed by atoms with Gasteiger partial charge in [0, 0.05) is 3.57 Å². The maximum Gasteiger partial charge on any atom is 0.416 e. The summed E-state index contributed by atoms with van der Waals surface area (Å²) in [5.41, 5.74) is 0.418. The van der Waals surface area contributed by atoms with Crippen LogP contribution in [0.2, 0.25) is 5.02 Å². The highest BCUT2D eigenvalue weighted by atomic mass is 127. The molecule has 0 unspecified atom stereocenters. The van der Waals surface area contributed by atoms with Crippen LogP contribution in [0.3, 0.4) is 0 Å². The van der Waals surface area contributed by atoms with Crippen molar-refractivity contribution in [3.05, 3.63) is 61.7 Å². The van der Waals surface area contributed by atoms with E-state index in [0.717, 1.165) is 23.8 Å². The molecule has 0 atom stereocenters. The number of anilines is 1. The lowest BCUT2D eigenvalue weighted by Crippen LogP contribution is -2.15. The largest absolute Gasteiger partial charge is 0.416 e. The number of hydrogen-bond acceptors (Lipinski definition) is 1. The van der Waals surface area contributed by atoms with Gasteiger partial charge in [-0.1, -0.05) is 23.2 Å². The summed E-state index contributed by atoms with van der Waals surface area (Å²) in [6, 6.07) is 7.98. The Kier molecular flexibility index (Phi) is 5.01. The van der Waals surface area contributed by atoms with Crippen molar-refractivity contribution >= 4 is 45.8 Å². The first-order valence-electron chi connectivity index (χ1n) is 6.13. The van der Waals surface area contributed by atoms with Crippen LogP contribution in [0.4, 0.5) is 18.9 Å². The van der Waals surface area contributed by atoms with Gasteiger partial charge in [0.2, 0.25) is 0 Å². The second-order valence-corrected chi connectivity index (χ2v) is 6.20. The average molecular weight is 440 g/mol. The fourth-order valence-corrected chi connectivity index (χ4v) is 2.87. The summed E-state index contributed by atoms with van der Waals surface area (Å²) in [4.78, 5) is 12.2. The number of carbonyl (C=O) groups excluding carboxylic acids is 1. The van der Waals surface area contributed by atoms with E-state index in [4.69, 9.17) is 11.6 Å². The van der Waals surface area contributed by atoms with Crippen LogP contribution >= 0.6 is 34.2 Å². The molecule has 0 saturated heterocycles. The molecule has 0 radical (unpaired) electrons. The minimum absolute atomic E-state index is 0.0449. The van der Waals surface area contributed by atoms with Gasteiger partial charge in [-0.2, -0.15) is 13.2 Å². The first kappa shape index (κ1) is 17.1. The second-order valence-electron chi connectivity index (χ2n) is 4.63. The SMILES string of the molecule is Cc1ccc(C(=O)Nc2cc(C(F)(F)F)ccc2Cl)c(I)c1. The summed E-state index contributed by atoms with van der Waals surface area (Å²) in [5.74, 6) is -0.509. The van der Waals surface area contributed by atoms with Crippen molar-refractivity contribution < 1.29 is 18.0 Å². The van der Waals surface area contributed by atoms with Crippen molar-refractivity contribution in [3.8, 4) is 0 Å².